The minimum absolute atomic E-state index is 0.0403. The number of hydrogen-bond donors (Lipinski definition) is 1. The highest BCUT2D eigenvalue weighted by Crippen LogP contribution is 2.24. The van der Waals surface area contributed by atoms with Crippen LogP contribution in [0.3, 0.4) is 0 Å². The van der Waals surface area contributed by atoms with Gasteiger partial charge in [-0.05, 0) is 12.8 Å². The van der Waals surface area contributed by atoms with Crippen molar-refractivity contribution >= 4 is 11.9 Å². The summed E-state index contributed by atoms with van der Waals surface area (Å²) in [5, 5.41) is 2.78. The number of carbonyl (C=O) groups is 2. The molecule has 1 aliphatic carbocycles. The second kappa shape index (κ2) is 4.64. The Labute approximate surface area is 89.4 Å². The van der Waals surface area contributed by atoms with Crippen molar-refractivity contribution in [2.75, 3.05) is 6.61 Å². The molecule has 1 heterocycles. The topological polar surface area (TPSA) is 55.4 Å². The van der Waals surface area contributed by atoms with Gasteiger partial charge in [0.25, 0.3) is 0 Å². The van der Waals surface area contributed by atoms with Gasteiger partial charge >= 0.3 is 5.97 Å². The first-order valence-electron chi connectivity index (χ1n) is 5.74. The van der Waals surface area contributed by atoms with Crippen LogP contribution in [0.15, 0.2) is 0 Å². The molecule has 1 amide bonds. The van der Waals surface area contributed by atoms with E-state index >= 15 is 0 Å². The predicted octanol–water partition coefficient (Wildman–Crippen LogP) is 0.998. The van der Waals surface area contributed by atoms with Crippen LogP contribution in [0.4, 0.5) is 0 Å². The highest BCUT2D eigenvalue weighted by atomic mass is 16.5. The van der Waals surface area contributed by atoms with E-state index in [4.69, 9.17) is 4.74 Å². The lowest BCUT2D eigenvalue weighted by molar-refractivity contribution is -0.142. The number of ether oxygens (including phenoxy) is 1. The van der Waals surface area contributed by atoms with Crippen LogP contribution in [-0.4, -0.2) is 24.5 Å². The SMILES string of the molecule is O=C(N[C@H]1CCOC1=O)C1CCCCC1. The number of hydrogen-bond acceptors (Lipinski definition) is 3. The zero-order valence-electron chi connectivity index (χ0n) is 8.83. The Balaban J connectivity index is 1.82. The summed E-state index contributed by atoms with van der Waals surface area (Å²) in [5.74, 6) is -0.121. The summed E-state index contributed by atoms with van der Waals surface area (Å²) in [4.78, 5) is 22.9. The minimum Gasteiger partial charge on any atom is -0.464 e. The number of amides is 1. The van der Waals surface area contributed by atoms with Crippen LogP contribution in [0.2, 0.25) is 0 Å². The van der Waals surface area contributed by atoms with E-state index in [0.29, 0.717) is 13.0 Å². The van der Waals surface area contributed by atoms with E-state index in [1.807, 2.05) is 0 Å². The van der Waals surface area contributed by atoms with E-state index in [1.54, 1.807) is 0 Å². The van der Waals surface area contributed by atoms with Crippen molar-refractivity contribution in [3.05, 3.63) is 0 Å². The van der Waals surface area contributed by atoms with Crippen LogP contribution in [0, 0.1) is 5.92 Å². The maximum absolute atomic E-state index is 11.8. The molecule has 2 fully saturated rings. The molecule has 2 aliphatic rings. The van der Waals surface area contributed by atoms with Crippen molar-refractivity contribution < 1.29 is 14.3 Å². The summed E-state index contributed by atoms with van der Waals surface area (Å²) >= 11 is 0. The van der Waals surface area contributed by atoms with E-state index < -0.39 is 0 Å². The van der Waals surface area contributed by atoms with Gasteiger partial charge in [-0.2, -0.15) is 0 Å². The quantitative estimate of drug-likeness (QED) is 0.693. The Kier molecular flexibility index (Phi) is 3.23. The molecule has 0 aromatic carbocycles. The van der Waals surface area contributed by atoms with E-state index in [2.05, 4.69) is 5.32 Å². The molecule has 0 unspecified atom stereocenters. The van der Waals surface area contributed by atoms with Gasteiger partial charge < -0.3 is 10.1 Å². The lowest BCUT2D eigenvalue weighted by Gasteiger charge is -2.21. The maximum Gasteiger partial charge on any atom is 0.328 e. The summed E-state index contributed by atoms with van der Waals surface area (Å²) in [6, 6.07) is -0.389. The van der Waals surface area contributed by atoms with Gasteiger partial charge in [-0.25, -0.2) is 4.79 Å². The molecule has 0 aromatic heterocycles. The molecule has 15 heavy (non-hydrogen) atoms. The molecule has 0 bridgehead atoms. The Morgan fingerprint density at radius 2 is 1.93 bits per heavy atom. The summed E-state index contributed by atoms with van der Waals surface area (Å²) in [5.41, 5.74) is 0. The lowest BCUT2D eigenvalue weighted by Crippen LogP contribution is -2.41. The van der Waals surface area contributed by atoms with Gasteiger partial charge in [0.1, 0.15) is 6.04 Å². The molecule has 1 aliphatic heterocycles. The second-order valence-electron chi connectivity index (χ2n) is 4.35. The van der Waals surface area contributed by atoms with E-state index in [0.717, 1.165) is 25.7 Å². The maximum atomic E-state index is 11.8. The van der Waals surface area contributed by atoms with E-state index in [-0.39, 0.29) is 23.8 Å². The smallest absolute Gasteiger partial charge is 0.328 e. The van der Waals surface area contributed by atoms with Crippen molar-refractivity contribution in [1.29, 1.82) is 0 Å². The van der Waals surface area contributed by atoms with Crippen LogP contribution in [-0.2, 0) is 14.3 Å². The van der Waals surface area contributed by atoms with Gasteiger partial charge in [0.15, 0.2) is 0 Å². The van der Waals surface area contributed by atoms with E-state index in [9.17, 15) is 9.59 Å². The normalized spacial score (nSPS) is 27.5. The fourth-order valence-electron chi connectivity index (χ4n) is 2.28. The third kappa shape index (κ3) is 2.49. The number of rotatable bonds is 2. The van der Waals surface area contributed by atoms with Crippen LogP contribution in [0.1, 0.15) is 38.5 Å². The molecule has 1 saturated carbocycles. The average Bonchev–Trinajstić information content (AvgIpc) is 2.66. The summed E-state index contributed by atoms with van der Waals surface area (Å²) in [6.07, 6.45) is 6.05. The fourth-order valence-corrected chi connectivity index (χ4v) is 2.28. The first-order valence-corrected chi connectivity index (χ1v) is 5.74. The van der Waals surface area contributed by atoms with Gasteiger partial charge in [-0.1, -0.05) is 19.3 Å². The Morgan fingerprint density at radius 1 is 1.20 bits per heavy atom. The highest BCUT2D eigenvalue weighted by molar-refractivity contribution is 5.86. The third-order valence-corrected chi connectivity index (χ3v) is 3.23. The molecule has 1 saturated heterocycles. The number of carbonyl (C=O) groups excluding carboxylic acids is 2. The van der Waals surface area contributed by atoms with Gasteiger partial charge in [-0.3, -0.25) is 4.79 Å². The first kappa shape index (κ1) is 10.5. The highest BCUT2D eigenvalue weighted by Gasteiger charge is 2.30. The molecule has 84 valence electrons. The zero-order chi connectivity index (χ0) is 10.7. The summed E-state index contributed by atoms with van der Waals surface area (Å²) < 4.78 is 4.80. The molecule has 0 aromatic rings. The standard InChI is InChI=1S/C11H17NO3/c13-10(8-4-2-1-3-5-8)12-9-6-7-15-11(9)14/h8-9H,1-7H2,(H,12,13)/t9-/m0/s1. The van der Waals surface area contributed by atoms with Crippen LogP contribution in [0.5, 0.6) is 0 Å². The molecule has 2 rings (SSSR count). The zero-order valence-corrected chi connectivity index (χ0v) is 8.83. The van der Waals surface area contributed by atoms with Gasteiger partial charge in [0, 0.05) is 12.3 Å². The summed E-state index contributed by atoms with van der Waals surface area (Å²) in [7, 11) is 0. The molecular weight excluding hydrogens is 194 g/mol. The fraction of sp³-hybridized carbons (Fsp3) is 0.818. The van der Waals surface area contributed by atoms with Crippen molar-refractivity contribution in [3.63, 3.8) is 0 Å². The number of cyclic esters (lactones) is 1. The Bertz CT molecular complexity index is 259. The molecule has 4 nitrogen and oxygen atoms in total. The number of nitrogens with one attached hydrogen (secondary N) is 1. The summed E-state index contributed by atoms with van der Waals surface area (Å²) in [6.45, 7) is 0.439. The molecule has 1 N–H and O–H groups in total. The van der Waals surface area contributed by atoms with Crippen LogP contribution < -0.4 is 5.32 Å². The molecule has 4 heteroatoms. The first-order chi connectivity index (χ1) is 7.27. The largest absolute Gasteiger partial charge is 0.464 e. The van der Waals surface area contributed by atoms with Crippen molar-refractivity contribution in [2.45, 2.75) is 44.6 Å². The Hall–Kier alpha value is -1.06. The minimum atomic E-state index is -0.389. The Morgan fingerprint density at radius 3 is 2.53 bits per heavy atom. The van der Waals surface area contributed by atoms with Gasteiger partial charge in [0.05, 0.1) is 6.61 Å². The lowest BCUT2D eigenvalue weighted by atomic mass is 9.88. The number of esters is 1. The van der Waals surface area contributed by atoms with Gasteiger partial charge in [-0.15, -0.1) is 0 Å². The molecule has 0 radical (unpaired) electrons. The predicted molar refractivity (Wildman–Crippen MR) is 54.1 cm³/mol. The van der Waals surface area contributed by atoms with E-state index in [1.165, 1.54) is 6.42 Å². The van der Waals surface area contributed by atoms with Crippen molar-refractivity contribution in [3.8, 4) is 0 Å². The monoisotopic (exact) mass is 211 g/mol. The van der Waals surface area contributed by atoms with Crippen molar-refractivity contribution in [2.24, 2.45) is 5.92 Å². The van der Waals surface area contributed by atoms with Crippen LogP contribution >= 0.6 is 0 Å². The average molecular weight is 211 g/mol. The molecule has 0 spiro atoms. The second-order valence-corrected chi connectivity index (χ2v) is 4.35. The van der Waals surface area contributed by atoms with Crippen LogP contribution in [0.25, 0.3) is 0 Å². The van der Waals surface area contributed by atoms with Gasteiger partial charge in [0.2, 0.25) is 5.91 Å². The molecule has 1 atom stereocenters. The third-order valence-electron chi connectivity index (χ3n) is 3.23. The molecular formula is C11H17NO3. The van der Waals surface area contributed by atoms with Crippen molar-refractivity contribution in [1.82, 2.24) is 5.32 Å².